The van der Waals surface area contributed by atoms with Gasteiger partial charge in [-0.25, -0.2) is 0 Å². The molecule has 0 heterocycles. The first-order valence-electron chi connectivity index (χ1n) is 9.78. The second-order valence-electron chi connectivity index (χ2n) is 7.21. The fraction of sp³-hybridized carbons (Fsp3) is 0.200. The molecular weight excluding hydrogens is 376 g/mol. The zero-order valence-electron chi connectivity index (χ0n) is 17.5. The number of carbonyl (C=O) groups is 2. The van der Waals surface area contributed by atoms with Crippen LogP contribution < -0.4 is 10.1 Å². The number of rotatable bonds is 8. The molecule has 30 heavy (non-hydrogen) atoms. The van der Waals surface area contributed by atoms with Crippen molar-refractivity contribution in [2.45, 2.75) is 6.04 Å². The Bertz CT molecular complexity index is 1020. The molecule has 154 valence electrons. The largest absolute Gasteiger partial charge is 0.497 e. The molecule has 0 aliphatic carbocycles. The van der Waals surface area contributed by atoms with Crippen molar-refractivity contribution in [3.63, 3.8) is 0 Å². The third-order valence-corrected chi connectivity index (χ3v) is 5.01. The first-order chi connectivity index (χ1) is 14.5. The van der Waals surface area contributed by atoms with E-state index in [1.807, 2.05) is 61.5 Å². The molecule has 1 unspecified atom stereocenters. The second kappa shape index (κ2) is 9.85. The predicted molar refractivity (Wildman–Crippen MR) is 118 cm³/mol. The van der Waals surface area contributed by atoms with E-state index in [1.54, 1.807) is 43.5 Å². The number of ketones is 1. The van der Waals surface area contributed by atoms with Crippen LogP contribution >= 0.6 is 0 Å². The van der Waals surface area contributed by atoms with Crippen LogP contribution in [-0.4, -0.2) is 44.3 Å². The summed E-state index contributed by atoms with van der Waals surface area (Å²) in [6.45, 7) is 0.396. The van der Waals surface area contributed by atoms with Crippen LogP contribution in [0.25, 0.3) is 0 Å². The minimum absolute atomic E-state index is 0.0407. The highest BCUT2D eigenvalue weighted by atomic mass is 16.5. The molecule has 5 nitrogen and oxygen atoms in total. The van der Waals surface area contributed by atoms with E-state index < -0.39 is 0 Å². The molecule has 0 saturated heterocycles. The summed E-state index contributed by atoms with van der Waals surface area (Å²) in [5, 5.41) is 2.99. The zero-order chi connectivity index (χ0) is 21.5. The molecule has 0 fully saturated rings. The highest BCUT2D eigenvalue weighted by Crippen LogP contribution is 2.22. The smallest absolute Gasteiger partial charge is 0.252 e. The number of ether oxygens (including phenoxy) is 1. The lowest BCUT2D eigenvalue weighted by atomic mass is 9.97. The van der Waals surface area contributed by atoms with E-state index in [9.17, 15) is 9.59 Å². The number of methoxy groups -OCH3 is 1. The number of carbonyl (C=O) groups excluding carboxylic acids is 2. The first kappa shape index (κ1) is 21.3. The van der Waals surface area contributed by atoms with E-state index in [0.29, 0.717) is 23.2 Å². The maximum atomic E-state index is 13.0. The lowest BCUT2D eigenvalue weighted by Crippen LogP contribution is -2.35. The van der Waals surface area contributed by atoms with Crippen LogP contribution in [0.15, 0.2) is 78.9 Å². The molecular formula is C25H26N2O3. The lowest BCUT2D eigenvalue weighted by molar-refractivity contribution is 0.0931. The van der Waals surface area contributed by atoms with Gasteiger partial charge in [-0.3, -0.25) is 9.59 Å². The van der Waals surface area contributed by atoms with E-state index >= 15 is 0 Å². The third kappa shape index (κ3) is 4.93. The van der Waals surface area contributed by atoms with Gasteiger partial charge in [0.15, 0.2) is 5.78 Å². The summed E-state index contributed by atoms with van der Waals surface area (Å²) in [7, 11) is 5.55. The summed E-state index contributed by atoms with van der Waals surface area (Å²) in [4.78, 5) is 27.9. The molecule has 5 heteroatoms. The number of nitrogens with one attached hydrogen (secondary N) is 1. The van der Waals surface area contributed by atoms with Gasteiger partial charge in [-0.1, -0.05) is 60.7 Å². The normalized spacial score (nSPS) is 11.7. The monoisotopic (exact) mass is 402 g/mol. The molecule has 3 aromatic carbocycles. The van der Waals surface area contributed by atoms with E-state index in [0.717, 1.165) is 11.3 Å². The average Bonchev–Trinajstić information content (AvgIpc) is 2.79. The molecule has 3 aromatic rings. The highest BCUT2D eigenvalue weighted by molar-refractivity contribution is 6.15. The summed E-state index contributed by atoms with van der Waals surface area (Å²) in [6, 6.07) is 23.6. The maximum Gasteiger partial charge on any atom is 0.252 e. The number of hydrogen-bond donors (Lipinski definition) is 1. The Kier molecular flexibility index (Phi) is 6.99. The summed E-state index contributed by atoms with van der Waals surface area (Å²) >= 11 is 0. The summed E-state index contributed by atoms with van der Waals surface area (Å²) in [5.41, 5.74) is 2.35. The molecule has 0 bridgehead atoms. The number of nitrogens with zero attached hydrogens (tertiary/aromatic N) is 1. The van der Waals surface area contributed by atoms with Crippen LogP contribution in [0.4, 0.5) is 0 Å². The van der Waals surface area contributed by atoms with Gasteiger partial charge in [0.2, 0.25) is 0 Å². The Morgan fingerprint density at radius 2 is 1.57 bits per heavy atom. The molecule has 0 aromatic heterocycles. The quantitative estimate of drug-likeness (QED) is 0.580. The van der Waals surface area contributed by atoms with Crippen molar-refractivity contribution in [1.29, 1.82) is 0 Å². The fourth-order valence-corrected chi connectivity index (χ4v) is 3.36. The van der Waals surface area contributed by atoms with Crippen LogP contribution in [0.5, 0.6) is 5.75 Å². The molecule has 0 aliphatic heterocycles. The fourth-order valence-electron chi connectivity index (χ4n) is 3.36. The Morgan fingerprint density at radius 3 is 2.23 bits per heavy atom. The molecule has 1 N–H and O–H groups in total. The van der Waals surface area contributed by atoms with Crippen molar-refractivity contribution < 1.29 is 14.3 Å². The van der Waals surface area contributed by atoms with Crippen LogP contribution in [0.3, 0.4) is 0 Å². The van der Waals surface area contributed by atoms with E-state index in [1.165, 1.54) is 0 Å². The minimum Gasteiger partial charge on any atom is -0.497 e. The van der Waals surface area contributed by atoms with Gasteiger partial charge in [-0.15, -0.1) is 0 Å². The lowest BCUT2D eigenvalue weighted by Gasteiger charge is -2.25. The van der Waals surface area contributed by atoms with Crippen molar-refractivity contribution in [1.82, 2.24) is 10.2 Å². The van der Waals surface area contributed by atoms with Gasteiger partial charge in [0.25, 0.3) is 5.91 Å². The number of benzene rings is 3. The van der Waals surface area contributed by atoms with Crippen LogP contribution in [-0.2, 0) is 0 Å². The van der Waals surface area contributed by atoms with Gasteiger partial charge in [-0.2, -0.15) is 0 Å². The van der Waals surface area contributed by atoms with Gasteiger partial charge in [0, 0.05) is 17.7 Å². The van der Waals surface area contributed by atoms with Crippen LogP contribution in [0.2, 0.25) is 0 Å². The molecule has 1 atom stereocenters. The SMILES string of the molecule is COc1cccc(C(CNC(=O)c2ccccc2C(=O)c2ccccc2)N(C)C)c1. The average molecular weight is 402 g/mol. The van der Waals surface area contributed by atoms with Gasteiger partial charge >= 0.3 is 0 Å². The number of amides is 1. The van der Waals surface area contributed by atoms with Gasteiger partial charge in [0.05, 0.1) is 18.7 Å². The van der Waals surface area contributed by atoms with Gasteiger partial charge in [0.1, 0.15) is 5.75 Å². The molecule has 1 amide bonds. The second-order valence-corrected chi connectivity index (χ2v) is 7.21. The van der Waals surface area contributed by atoms with Crippen molar-refractivity contribution in [3.05, 3.63) is 101 Å². The standard InChI is InChI=1S/C25H26N2O3/c1-27(2)23(19-12-9-13-20(16-19)30-3)17-26-25(29)22-15-8-7-14-21(22)24(28)18-10-5-4-6-11-18/h4-16,23H,17H2,1-3H3,(H,26,29). The molecule has 0 saturated carbocycles. The van der Waals surface area contributed by atoms with Crippen molar-refractivity contribution in [2.24, 2.45) is 0 Å². The minimum atomic E-state index is -0.273. The number of hydrogen-bond acceptors (Lipinski definition) is 4. The van der Waals surface area contributed by atoms with Crippen LogP contribution in [0.1, 0.15) is 37.9 Å². The predicted octanol–water partition coefficient (Wildman–Crippen LogP) is 3.96. The molecule has 0 radical (unpaired) electrons. The third-order valence-electron chi connectivity index (χ3n) is 5.01. The molecule has 0 spiro atoms. The summed E-state index contributed by atoms with van der Waals surface area (Å²) < 4.78 is 5.32. The van der Waals surface area contributed by atoms with Crippen molar-refractivity contribution in [2.75, 3.05) is 27.7 Å². The summed E-state index contributed by atoms with van der Waals surface area (Å²) in [5.74, 6) is 0.326. The Hall–Kier alpha value is -3.44. The van der Waals surface area contributed by atoms with E-state index in [2.05, 4.69) is 5.32 Å². The van der Waals surface area contributed by atoms with Gasteiger partial charge < -0.3 is 15.0 Å². The zero-order valence-corrected chi connectivity index (χ0v) is 17.5. The topological polar surface area (TPSA) is 58.6 Å². The van der Waals surface area contributed by atoms with Crippen molar-refractivity contribution in [3.8, 4) is 5.75 Å². The van der Waals surface area contributed by atoms with Crippen molar-refractivity contribution >= 4 is 11.7 Å². The van der Waals surface area contributed by atoms with Crippen LogP contribution in [0, 0.1) is 0 Å². The first-order valence-corrected chi connectivity index (χ1v) is 9.78. The van der Waals surface area contributed by atoms with E-state index in [4.69, 9.17) is 4.74 Å². The highest BCUT2D eigenvalue weighted by Gasteiger charge is 2.20. The Labute approximate surface area is 177 Å². The maximum absolute atomic E-state index is 13.0. The summed E-state index contributed by atoms with van der Waals surface area (Å²) in [6.07, 6.45) is 0. The molecule has 0 aliphatic rings. The Balaban J connectivity index is 1.79. The van der Waals surface area contributed by atoms with E-state index in [-0.39, 0.29) is 17.7 Å². The molecule has 3 rings (SSSR count). The Morgan fingerprint density at radius 1 is 0.900 bits per heavy atom. The number of likely N-dealkylation sites (N-methyl/N-ethyl adjacent to an activating group) is 1. The van der Waals surface area contributed by atoms with Gasteiger partial charge in [-0.05, 0) is 37.9 Å².